The van der Waals surface area contributed by atoms with Gasteiger partial charge in [-0.15, -0.1) is 0 Å². The van der Waals surface area contributed by atoms with Crippen molar-refractivity contribution < 1.29 is 9.53 Å². The van der Waals surface area contributed by atoms with Crippen molar-refractivity contribution in [2.75, 3.05) is 6.61 Å². The second-order valence-corrected chi connectivity index (χ2v) is 5.44. The van der Waals surface area contributed by atoms with Gasteiger partial charge in [0, 0.05) is 12.6 Å². The van der Waals surface area contributed by atoms with E-state index in [1.165, 1.54) is 5.56 Å². The Hall–Kier alpha value is -1.71. The zero-order valence-corrected chi connectivity index (χ0v) is 13.0. The first-order valence-electron chi connectivity index (χ1n) is 6.44. The molecule has 2 aromatic carbocycles. The normalized spacial score (nSPS) is 10.2. The van der Waals surface area contributed by atoms with E-state index in [1.807, 2.05) is 31.2 Å². The number of rotatable bonds is 5. The molecule has 1 N–H and O–H groups in total. The third-order valence-electron chi connectivity index (χ3n) is 2.87. The summed E-state index contributed by atoms with van der Waals surface area (Å²) in [6.07, 6.45) is 0. The number of hydrogen-bond donors (Lipinski definition) is 1. The molecule has 0 spiro atoms. The van der Waals surface area contributed by atoms with Crippen LogP contribution in [0.3, 0.4) is 0 Å². The van der Waals surface area contributed by atoms with Gasteiger partial charge in [0.05, 0.1) is 10.0 Å². The van der Waals surface area contributed by atoms with Gasteiger partial charge >= 0.3 is 0 Å². The summed E-state index contributed by atoms with van der Waals surface area (Å²) in [4.78, 5) is 11.7. The fourth-order valence-corrected chi connectivity index (χ4v) is 1.96. The topological polar surface area (TPSA) is 38.3 Å². The van der Waals surface area contributed by atoms with Crippen LogP contribution in [0.1, 0.15) is 11.1 Å². The van der Waals surface area contributed by atoms with Gasteiger partial charge in [-0.3, -0.25) is 4.79 Å². The minimum atomic E-state index is -0.193. The van der Waals surface area contributed by atoms with Gasteiger partial charge in [-0.1, -0.05) is 53.0 Å². The Bertz CT molecular complexity index is 627. The van der Waals surface area contributed by atoms with Gasteiger partial charge in [0.1, 0.15) is 5.75 Å². The molecular formula is C16H15Cl2NO2. The van der Waals surface area contributed by atoms with Crippen molar-refractivity contribution in [2.24, 2.45) is 0 Å². The predicted molar refractivity (Wildman–Crippen MR) is 85.0 cm³/mol. The predicted octanol–water partition coefficient (Wildman–Crippen LogP) is 4.00. The number of halogens is 2. The van der Waals surface area contributed by atoms with E-state index in [0.717, 1.165) is 5.56 Å². The van der Waals surface area contributed by atoms with Crippen molar-refractivity contribution in [3.63, 3.8) is 0 Å². The number of amides is 1. The summed E-state index contributed by atoms with van der Waals surface area (Å²) in [5.41, 5.74) is 2.23. The molecule has 0 saturated heterocycles. The molecule has 0 aliphatic carbocycles. The van der Waals surface area contributed by atoms with Crippen molar-refractivity contribution in [3.05, 3.63) is 63.6 Å². The van der Waals surface area contributed by atoms with Gasteiger partial charge in [-0.25, -0.2) is 0 Å². The number of benzene rings is 2. The molecule has 21 heavy (non-hydrogen) atoms. The summed E-state index contributed by atoms with van der Waals surface area (Å²) < 4.78 is 5.36. The lowest BCUT2D eigenvalue weighted by molar-refractivity contribution is -0.123. The average Bonchev–Trinajstić information content (AvgIpc) is 2.48. The summed E-state index contributed by atoms with van der Waals surface area (Å²) in [6.45, 7) is 2.43. The Labute approximate surface area is 133 Å². The summed E-state index contributed by atoms with van der Waals surface area (Å²) in [5.74, 6) is 0.316. The molecule has 1 amide bonds. The molecule has 0 saturated carbocycles. The molecule has 110 valence electrons. The van der Waals surface area contributed by atoms with E-state index in [9.17, 15) is 4.79 Å². The summed E-state index contributed by atoms with van der Waals surface area (Å²) in [7, 11) is 0. The molecule has 0 radical (unpaired) electrons. The zero-order chi connectivity index (χ0) is 15.2. The van der Waals surface area contributed by atoms with Crippen LogP contribution in [0.25, 0.3) is 0 Å². The van der Waals surface area contributed by atoms with Crippen LogP contribution in [0.2, 0.25) is 10.0 Å². The Morgan fingerprint density at radius 3 is 2.48 bits per heavy atom. The summed E-state index contributed by atoms with van der Waals surface area (Å²) >= 11 is 11.7. The van der Waals surface area contributed by atoms with E-state index in [-0.39, 0.29) is 12.5 Å². The Balaban J connectivity index is 1.79. The number of hydrogen-bond acceptors (Lipinski definition) is 2. The number of aryl methyl sites for hydroxylation is 1. The lowest BCUT2D eigenvalue weighted by Gasteiger charge is -2.08. The van der Waals surface area contributed by atoms with Crippen molar-refractivity contribution >= 4 is 29.1 Å². The van der Waals surface area contributed by atoms with Gasteiger partial charge in [-0.2, -0.15) is 0 Å². The lowest BCUT2D eigenvalue weighted by atomic mass is 10.1. The van der Waals surface area contributed by atoms with Crippen LogP contribution < -0.4 is 10.1 Å². The lowest BCUT2D eigenvalue weighted by Crippen LogP contribution is -2.28. The maximum absolute atomic E-state index is 11.7. The molecule has 5 heteroatoms. The van der Waals surface area contributed by atoms with Crippen LogP contribution in [0.15, 0.2) is 42.5 Å². The van der Waals surface area contributed by atoms with Gasteiger partial charge in [0.2, 0.25) is 0 Å². The first-order valence-corrected chi connectivity index (χ1v) is 7.20. The van der Waals surface area contributed by atoms with Gasteiger partial charge in [0.15, 0.2) is 6.61 Å². The first-order chi connectivity index (χ1) is 10.0. The number of carbonyl (C=O) groups excluding carboxylic acids is 1. The highest BCUT2D eigenvalue weighted by atomic mass is 35.5. The zero-order valence-electron chi connectivity index (χ0n) is 11.5. The molecular weight excluding hydrogens is 309 g/mol. The molecule has 0 heterocycles. The quantitative estimate of drug-likeness (QED) is 0.903. The Kier molecular flexibility index (Phi) is 5.48. The maximum atomic E-state index is 11.7. The fraction of sp³-hybridized carbons (Fsp3) is 0.188. The molecule has 0 aliphatic heterocycles. The molecule has 0 bridgehead atoms. The second kappa shape index (κ2) is 7.34. The molecule has 2 aromatic rings. The second-order valence-electron chi connectivity index (χ2n) is 4.63. The van der Waals surface area contributed by atoms with Crippen molar-refractivity contribution in [3.8, 4) is 5.75 Å². The van der Waals surface area contributed by atoms with E-state index < -0.39 is 0 Å². The molecule has 3 nitrogen and oxygen atoms in total. The third kappa shape index (κ3) is 4.96. The highest BCUT2D eigenvalue weighted by molar-refractivity contribution is 6.42. The monoisotopic (exact) mass is 323 g/mol. The Morgan fingerprint density at radius 2 is 1.81 bits per heavy atom. The Morgan fingerprint density at radius 1 is 1.10 bits per heavy atom. The van der Waals surface area contributed by atoms with E-state index in [1.54, 1.807) is 18.2 Å². The van der Waals surface area contributed by atoms with E-state index in [4.69, 9.17) is 27.9 Å². The molecule has 0 unspecified atom stereocenters. The molecule has 0 aliphatic rings. The molecule has 0 atom stereocenters. The number of ether oxygens (including phenoxy) is 1. The maximum Gasteiger partial charge on any atom is 0.258 e. The standard InChI is InChI=1S/C16H15Cl2NO2/c1-11-2-4-12(5-3-11)9-19-16(20)10-21-13-6-7-14(17)15(18)8-13/h2-8H,9-10H2,1H3,(H,19,20). The van der Waals surface area contributed by atoms with Gasteiger partial charge < -0.3 is 10.1 Å². The van der Waals surface area contributed by atoms with Crippen LogP contribution in [0.5, 0.6) is 5.75 Å². The van der Waals surface area contributed by atoms with Crippen LogP contribution in [-0.4, -0.2) is 12.5 Å². The van der Waals surface area contributed by atoms with E-state index in [2.05, 4.69) is 5.32 Å². The SMILES string of the molecule is Cc1ccc(CNC(=O)COc2ccc(Cl)c(Cl)c2)cc1. The average molecular weight is 324 g/mol. The molecule has 0 fully saturated rings. The summed E-state index contributed by atoms with van der Waals surface area (Å²) in [5, 5.41) is 3.64. The van der Waals surface area contributed by atoms with Crippen LogP contribution in [0.4, 0.5) is 0 Å². The highest BCUT2D eigenvalue weighted by Crippen LogP contribution is 2.26. The molecule has 0 aromatic heterocycles. The number of nitrogens with one attached hydrogen (secondary N) is 1. The van der Waals surface area contributed by atoms with Crippen molar-refractivity contribution in [2.45, 2.75) is 13.5 Å². The van der Waals surface area contributed by atoms with Gasteiger partial charge in [0.25, 0.3) is 5.91 Å². The van der Waals surface area contributed by atoms with E-state index in [0.29, 0.717) is 22.3 Å². The third-order valence-corrected chi connectivity index (χ3v) is 3.61. The highest BCUT2D eigenvalue weighted by Gasteiger charge is 2.05. The van der Waals surface area contributed by atoms with Crippen molar-refractivity contribution in [1.82, 2.24) is 5.32 Å². The minimum Gasteiger partial charge on any atom is -0.484 e. The molecule has 2 rings (SSSR count). The van der Waals surface area contributed by atoms with E-state index >= 15 is 0 Å². The summed E-state index contributed by atoms with van der Waals surface area (Å²) in [6, 6.07) is 12.9. The van der Waals surface area contributed by atoms with Crippen molar-refractivity contribution in [1.29, 1.82) is 0 Å². The van der Waals surface area contributed by atoms with Crippen LogP contribution in [-0.2, 0) is 11.3 Å². The first kappa shape index (κ1) is 15.7. The number of carbonyl (C=O) groups is 1. The smallest absolute Gasteiger partial charge is 0.258 e. The van der Waals surface area contributed by atoms with Crippen LogP contribution >= 0.6 is 23.2 Å². The minimum absolute atomic E-state index is 0.0657. The largest absolute Gasteiger partial charge is 0.484 e. The van der Waals surface area contributed by atoms with Crippen LogP contribution in [0, 0.1) is 6.92 Å². The van der Waals surface area contributed by atoms with Gasteiger partial charge in [-0.05, 0) is 24.6 Å². The fourth-order valence-electron chi connectivity index (χ4n) is 1.67.